The van der Waals surface area contributed by atoms with Crippen molar-refractivity contribution in [2.75, 3.05) is 26.2 Å². The highest BCUT2D eigenvalue weighted by molar-refractivity contribution is 7.89. The van der Waals surface area contributed by atoms with Crippen LogP contribution < -0.4 is 0 Å². The van der Waals surface area contributed by atoms with Crippen LogP contribution in [-0.4, -0.2) is 48.8 Å². The zero-order valence-corrected chi connectivity index (χ0v) is 17.1. The number of hydrogen-bond acceptors (Lipinski definition) is 5. The fourth-order valence-corrected chi connectivity index (χ4v) is 5.49. The maximum absolute atomic E-state index is 13.4. The molecule has 1 aliphatic rings. The number of hydrogen-bond donors (Lipinski definition) is 0. The molecule has 2 aromatic carbocycles. The molecule has 0 amide bonds. The number of benzene rings is 2. The Balaban J connectivity index is 1.38. The van der Waals surface area contributed by atoms with Crippen molar-refractivity contribution in [3.63, 3.8) is 0 Å². The van der Waals surface area contributed by atoms with Crippen LogP contribution in [0.3, 0.4) is 0 Å². The first-order valence-corrected chi connectivity index (χ1v) is 11.4. The second-order valence-electron chi connectivity index (χ2n) is 6.77. The first kappa shape index (κ1) is 20.1. The van der Waals surface area contributed by atoms with Gasteiger partial charge in [-0.1, -0.05) is 30.3 Å². The monoisotopic (exact) mass is 435 g/mol. The number of rotatable bonds is 5. The molecule has 29 heavy (non-hydrogen) atoms. The standard InChI is InChI=1S/C20H19F2N3O2S2/c21-18-7-6-17(12-19(18)22)29(26,27)25-10-8-24(9-11-25)13-16-14-28-20(23-16)15-4-2-1-3-5-15/h1-7,12,14H,8-11,13H2. The van der Waals surface area contributed by atoms with Crippen LogP contribution >= 0.6 is 11.3 Å². The molecule has 0 N–H and O–H groups in total. The largest absolute Gasteiger partial charge is 0.295 e. The minimum absolute atomic E-state index is 0.225. The van der Waals surface area contributed by atoms with Gasteiger partial charge in [0.1, 0.15) is 5.01 Å². The van der Waals surface area contributed by atoms with E-state index in [0.717, 1.165) is 34.5 Å². The number of thiazole rings is 1. The topological polar surface area (TPSA) is 53.5 Å². The molecule has 1 aliphatic heterocycles. The minimum atomic E-state index is -3.84. The third-order valence-electron chi connectivity index (χ3n) is 4.82. The van der Waals surface area contributed by atoms with E-state index in [1.165, 1.54) is 4.31 Å². The zero-order valence-electron chi connectivity index (χ0n) is 15.5. The van der Waals surface area contributed by atoms with Crippen molar-refractivity contribution in [3.05, 3.63) is 71.2 Å². The Morgan fingerprint density at radius 3 is 2.38 bits per heavy atom. The maximum Gasteiger partial charge on any atom is 0.243 e. The van der Waals surface area contributed by atoms with Gasteiger partial charge in [-0.05, 0) is 18.2 Å². The molecule has 9 heteroatoms. The summed E-state index contributed by atoms with van der Waals surface area (Å²) in [6.07, 6.45) is 0. The number of sulfonamides is 1. The van der Waals surface area contributed by atoms with Crippen molar-refractivity contribution in [1.29, 1.82) is 0 Å². The van der Waals surface area contributed by atoms with E-state index in [4.69, 9.17) is 0 Å². The van der Waals surface area contributed by atoms with Crippen LogP contribution in [-0.2, 0) is 16.6 Å². The second kappa shape index (κ2) is 8.27. The quantitative estimate of drug-likeness (QED) is 0.615. The van der Waals surface area contributed by atoms with Crippen LogP contribution in [0.4, 0.5) is 8.78 Å². The van der Waals surface area contributed by atoms with Gasteiger partial charge in [0.25, 0.3) is 0 Å². The molecule has 0 radical (unpaired) electrons. The summed E-state index contributed by atoms with van der Waals surface area (Å²) >= 11 is 1.59. The van der Waals surface area contributed by atoms with Crippen molar-refractivity contribution < 1.29 is 17.2 Å². The van der Waals surface area contributed by atoms with E-state index in [0.29, 0.717) is 19.6 Å². The summed E-state index contributed by atoms with van der Waals surface area (Å²) in [5.74, 6) is -2.23. The molecule has 0 bridgehead atoms. The third-order valence-corrected chi connectivity index (χ3v) is 7.65. The molecule has 1 saturated heterocycles. The van der Waals surface area contributed by atoms with Crippen LogP contribution in [0.5, 0.6) is 0 Å². The normalized spacial score (nSPS) is 16.2. The summed E-state index contributed by atoms with van der Waals surface area (Å²) in [4.78, 5) is 6.59. The van der Waals surface area contributed by atoms with Gasteiger partial charge >= 0.3 is 0 Å². The highest BCUT2D eigenvalue weighted by Crippen LogP contribution is 2.25. The van der Waals surface area contributed by atoms with Gasteiger partial charge < -0.3 is 0 Å². The highest BCUT2D eigenvalue weighted by Gasteiger charge is 2.29. The summed E-state index contributed by atoms with van der Waals surface area (Å²) in [5.41, 5.74) is 2.02. The second-order valence-corrected chi connectivity index (χ2v) is 9.56. The lowest BCUT2D eigenvalue weighted by atomic mass is 10.2. The molecule has 4 rings (SSSR count). The van der Waals surface area contributed by atoms with E-state index >= 15 is 0 Å². The van der Waals surface area contributed by atoms with Crippen LogP contribution in [0, 0.1) is 11.6 Å². The molecule has 5 nitrogen and oxygen atoms in total. The summed E-state index contributed by atoms with van der Waals surface area (Å²) < 4.78 is 53.2. The molecular weight excluding hydrogens is 416 g/mol. The van der Waals surface area contributed by atoms with Gasteiger partial charge in [0, 0.05) is 43.7 Å². The Hall–Kier alpha value is -2.20. The van der Waals surface area contributed by atoms with E-state index < -0.39 is 21.7 Å². The fourth-order valence-electron chi connectivity index (χ4n) is 3.24. The highest BCUT2D eigenvalue weighted by atomic mass is 32.2. The van der Waals surface area contributed by atoms with E-state index in [1.54, 1.807) is 11.3 Å². The van der Waals surface area contributed by atoms with Crippen LogP contribution in [0.15, 0.2) is 58.8 Å². The molecule has 3 aromatic rings. The van der Waals surface area contributed by atoms with Gasteiger partial charge in [0.15, 0.2) is 11.6 Å². The van der Waals surface area contributed by atoms with E-state index in [1.807, 2.05) is 35.7 Å². The summed E-state index contributed by atoms with van der Waals surface area (Å²) in [5, 5.41) is 2.98. The Morgan fingerprint density at radius 2 is 1.69 bits per heavy atom. The summed E-state index contributed by atoms with van der Waals surface area (Å²) in [6, 6.07) is 12.6. The summed E-state index contributed by atoms with van der Waals surface area (Å²) in [6.45, 7) is 2.30. The molecule has 0 atom stereocenters. The lowest BCUT2D eigenvalue weighted by molar-refractivity contribution is 0.180. The molecule has 0 unspecified atom stereocenters. The predicted octanol–water partition coefficient (Wildman–Crippen LogP) is 3.59. The average molecular weight is 436 g/mol. The molecule has 0 spiro atoms. The third kappa shape index (κ3) is 4.37. The van der Waals surface area contributed by atoms with Crippen LogP contribution in [0.1, 0.15) is 5.69 Å². The predicted molar refractivity (Wildman–Crippen MR) is 108 cm³/mol. The van der Waals surface area contributed by atoms with Crippen molar-refractivity contribution in [3.8, 4) is 10.6 Å². The maximum atomic E-state index is 13.4. The molecule has 0 aliphatic carbocycles. The number of piperazine rings is 1. The van der Waals surface area contributed by atoms with Crippen LogP contribution in [0.25, 0.3) is 10.6 Å². The molecule has 0 saturated carbocycles. The number of aromatic nitrogens is 1. The van der Waals surface area contributed by atoms with E-state index in [-0.39, 0.29) is 18.0 Å². The van der Waals surface area contributed by atoms with Gasteiger partial charge in [-0.2, -0.15) is 4.31 Å². The Bertz CT molecular complexity index is 1100. The van der Waals surface area contributed by atoms with Gasteiger partial charge in [-0.25, -0.2) is 22.2 Å². The van der Waals surface area contributed by atoms with E-state index in [2.05, 4.69) is 9.88 Å². The number of nitrogens with zero attached hydrogens (tertiary/aromatic N) is 3. The van der Waals surface area contributed by atoms with E-state index in [9.17, 15) is 17.2 Å². The average Bonchev–Trinajstić information content (AvgIpc) is 3.19. The Kier molecular flexibility index (Phi) is 5.73. The fraction of sp³-hybridized carbons (Fsp3) is 0.250. The van der Waals surface area contributed by atoms with Crippen molar-refractivity contribution in [2.24, 2.45) is 0 Å². The molecule has 152 valence electrons. The van der Waals surface area contributed by atoms with Crippen molar-refractivity contribution >= 4 is 21.4 Å². The molecule has 1 fully saturated rings. The van der Waals surface area contributed by atoms with Crippen molar-refractivity contribution in [1.82, 2.24) is 14.2 Å². The SMILES string of the molecule is O=S(=O)(c1ccc(F)c(F)c1)N1CCN(Cc2csc(-c3ccccc3)n2)CC1. The number of halogens is 2. The first-order valence-electron chi connectivity index (χ1n) is 9.11. The summed E-state index contributed by atoms with van der Waals surface area (Å²) in [7, 11) is -3.84. The Labute approximate surface area is 172 Å². The van der Waals surface area contributed by atoms with Gasteiger partial charge in [0.05, 0.1) is 10.6 Å². The lowest BCUT2D eigenvalue weighted by Gasteiger charge is -2.33. The van der Waals surface area contributed by atoms with Gasteiger partial charge in [-0.3, -0.25) is 4.90 Å². The van der Waals surface area contributed by atoms with Gasteiger partial charge in [0.2, 0.25) is 10.0 Å². The molecule has 1 aromatic heterocycles. The first-order chi connectivity index (χ1) is 13.9. The van der Waals surface area contributed by atoms with Gasteiger partial charge in [-0.15, -0.1) is 11.3 Å². The minimum Gasteiger partial charge on any atom is -0.295 e. The lowest BCUT2D eigenvalue weighted by Crippen LogP contribution is -2.48. The molecule has 2 heterocycles. The van der Waals surface area contributed by atoms with Crippen LogP contribution in [0.2, 0.25) is 0 Å². The smallest absolute Gasteiger partial charge is 0.243 e. The Morgan fingerprint density at radius 1 is 0.966 bits per heavy atom. The van der Waals surface area contributed by atoms with Crippen molar-refractivity contribution in [2.45, 2.75) is 11.4 Å². The molecular formula is C20H19F2N3O2S2. The zero-order chi connectivity index (χ0) is 20.4.